The van der Waals surface area contributed by atoms with Gasteiger partial charge in [0.15, 0.2) is 5.69 Å². The molecule has 1 aromatic carbocycles. The molecule has 5 rings (SSSR count). The first kappa shape index (κ1) is 18.3. The van der Waals surface area contributed by atoms with Gasteiger partial charge < -0.3 is 9.88 Å². The summed E-state index contributed by atoms with van der Waals surface area (Å²) in [5.41, 5.74) is 3.18. The molecule has 152 valence electrons. The van der Waals surface area contributed by atoms with E-state index < -0.39 is 0 Å². The summed E-state index contributed by atoms with van der Waals surface area (Å²) >= 11 is 0. The van der Waals surface area contributed by atoms with Crippen LogP contribution < -0.4 is 10.6 Å². The first-order valence-corrected chi connectivity index (χ1v) is 10.6. The zero-order chi connectivity index (χ0) is 19.8. The second kappa shape index (κ2) is 7.59. The normalized spacial score (nSPS) is 18.5. The number of para-hydroxylation sites is 2. The van der Waals surface area contributed by atoms with E-state index in [1.165, 1.54) is 12.8 Å². The standard InChI is InChI=1S/C21H27N7O/c1-14-19(25-26-28(14)16-10-12-22-13-11-16)20(29)24-21-23-17-8-4-5-9-18(17)27(21)15-6-2-3-7-15/h4-5,8-9,15-16,22H,2-3,6-7,10-13H2,1H3,(H,23,24,29). The largest absolute Gasteiger partial charge is 0.317 e. The molecule has 1 aliphatic heterocycles. The quantitative estimate of drug-likeness (QED) is 0.710. The maximum atomic E-state index is 13.1. The molecular formula is C21H27N7O. The molecule has 2 N–H and O–H groups in total. The second-order valence-corrected chi connectivity index (χ2v) is 8.14. The molecule has 1 saturated heterocycles. The summed E-state index contributed by atoms with van der Waals surface area (Å²) in [6.07, 6.45) is 6.68. The summed E-state index contributed by atoms with van der Waals surface area (Å²) in [4.78, 5) is 17.8. The summed E-state index contributed by atoms with van der Waals surface area (Å²) in [6.45, 7) is 3.87. The molecule has 0 bridgehead atoms. The first-order valence-electron chi connectivity index (χ1n) is 10.6. The summed E-state index contributed by atoms with van der Waals surface area (Å²) in [7, 11) is 0. The van der Waals surface area contributed by atoms with E-state index >= 15 is 0 Å². The Hall–Kier alpha value is -2.74. The molecule has 0 unspecified atom stereocenters. The van der Waals surface area contributed by atoms with E-state index in [0.29, 0.717) is 23.7 Å². The Morgan fingerprint density at radius 2 is 1.86 bits per heavy atom. The minimum atomic E-state index is -0.239. The maximum absolute atomic E-state index is 13.1. The number of fused-ring (bicyclic) bond motifs is 1. The molecule has 8 heteroatoms. The van der Waals surface area contributed by atoms with E-state index in [9.17, 15) is 4.79 Å². The third kappa shape index (κ3) is 3.31. The maximum Gasteiger partial charge on any atom is 0.280 e. The van der Waals surface area contributed by atoms with Crippen molar-refractivity contribution < 1.29 is 4.79 Å². The number of anilines is 1. The van der Waals surface area contributed by atoms with Crippen LogP contribution in [0.1, 0.15) is 66.8 Å². The lowest BCUT2D eigenvalue weighted by Gasteiger charge is -2.23. The average molecular weight is 393 g/mol. The van der Waals surface area contributed by atoms with Gasteiger partial charge in [0, 0.05) is 6.04 Å². The molecule has 3 aromatic rings. The van der Waals surface area contributed by atoms with Crippen molar-refractivity contribution in [1.29, 1.82) is 0 Å². The van der Waals surface area contributed by atoms with E-state index in [-0.39, 0.29) is 5.91 Å². The van der Waals surface area contributed by atoms with E-state index in [1.807, 2.05) is 29.8 Å². The predicted octanol–water partition coefficient (Wildman–Crippen LogP) is 3.23. The monoisotopic (exact) mass is 393 g/mol. The summed E-state index contributed by atoms with van der Waals surface area (Å²) in [6, 6.07) is 8.76. The highest BCUT2D eigenvalue weighted by Crippen LogP contribution is 2.35. The number of carbonyl (C=O) groups is 1. The van der Waals surface area contributed by atoms with Crippen LogP contribution in [-0.2, 0) is 0 Å². The summed E-state index contributed by atoms with van der Waals surface area (Å²) < 4.78 is 4.11. The van der Waals surface area contributed by atoms with Gasteiger partial charge in [0.25, 0.3) is 5.91 Å². The molecule has 1 aliphatic carbocycles. The minimum Gasteiger partial charge on any atom is -0.317 e. The Morgan fingerprint density at radius 3 is 2.66 bits per heavy atom. The lowest BCUT2D eigenvalue weighted by molar-refractivity contribution is 0.102. The van der Waals surface area contributed by atoms with Crippen LogP contribution in [0.25, 0.3) is 11.0 Å². The molecule has 2 aliphatic rings. The topological polar surface area (TPSA) is 89.7 Å². The second-order valence-electron chi connectivity index (χ2n) is 8.14. The van der Waals surface area contributed by atoms with Gasteiger partial charge in [-0.1, -0.05) is 30.2 Å². The Kier molecular flexibility index (Phi) is 4.79. The highest BCUT2D eigenvalue weighted by Gasteiger charge is 2.26. The van der Waals surface area contributed by atoms with Crippen LogP contribution in [0.4, 0.5) is 5.95 Å². The Bertz CT molecular complexity index is 1030. The molecule has 2 fully saturated rings. The van der Waals surface area contributed by atoms with Gasteiger partial charge in [0.2, 0.25) is 5.95 Å². The number of imidazole rings is 1. The van der Waals surface area contributed by atoms with E-state index in [2.05, 4.69) is 31.6 Å². The van der Waals surface area contributed by atoms with Crippen molar-refractivity contribution in [3.63, 3.8) is 0 Å². The molecule has 0 spiro atoms. The van der Waals surface area contributed by atoms with Gasteiger partial charge in [0.1, 0.15) is 0 Å². The van der Waals surface area contributed by atoms with Crippen molar-refractivity contribution in [3.05, 3.63) is 35.7 Å². The fraction of sp³-hybridized carbons (Fsp3) is 0.524. The number of nitrogens with one attached hydrogen (secondary N) is 2. The number of nitrogens with zero attached hydrogens (tertiary/aromatic N) is 5. The number of benzene rings is 1. The van der Waals surface area contributed by atoms with E-state index in [0.717, 1.165) is 55.5 Å². The molecule has 1 amide bonds. The molecule has 8 nitrogen and oxygen atoms in total. The van der Waals surface area contributed by atoms with Crippen LogP contribution in [-0.4, -0.2) is 43.5 Å². The van der Waals surface area contributed by atoms with Gasteiger partial charge in [-0.25, -0.2) is 9.67 Å². The number of amides is 1. The lowest BCUT2D eigenvalue weighted by Crippen LogP contribution is -2.30. The van der Waals surface area contributed by atoms with Crippen molar-refractivity contribution in [2.45, 2.75) is 57.5 Å². The fourth-order valence-electron chi connectivity index (χ4n) is 4.77. The number of rotatable bonds is 4. The summed E-state index contributed by atoms with van der Waals surface area (Å²) in [5.74, 6) is 0.371. The van der Waals surface area contributed by atoms with E-state index in [1.54, 1.807) is 0 Å². The SMILES string of the molecule is Cc1c(C(=O)Nc2nc3ccccc3n2C2CCCC2)nnn1C1CCNCC1. The minimum absolute atomic E-state index is 0.239. The number of hydrogen-bond acceptors (Lipinski definition) is 5. The molecule has 2 aromatic heterocycles. The van der Waals surface area contributed by atoms with E-state index in [4.69, 9.17) is 4.98 Å². The molecule has 1 saturated carbocycles. The predicted molar refractivity (Wildman–Crippen MR) is 111 cm³/mol. The number of hydrogen-bond donors (Lipinski definition) is 2. The van der Waals surface area contributed by atoms with Crippen LogP contribution >= 0.6 is 0 Å². The van der Waals surface area contributed by atoms with Gasteiger partial charge in [-0.15, -0.1) is 5.10 Å². The van der Waals surface area contributed by atoms with Crippen molar-refractivity contribution in [2.75, 3.05) is 18.4 Å². The van der Waals surface area contributed by atoms with Crippen LogP contribution in [0.3, 0.4) is 0 Å². The zero-order valence-electron chi connectivity index (χ0n) is 16.8. The van der Waals surface area contributed by atoms with Gasteiger partial charge in [0.05, 0.1) is 22.8 Å². The molecule has 3 heterocycles. The number of carbonyl (C=O) groups excluding carboxylic acids is 1. The lowest BCUT2D eigenvalue weighted by atomic mass is 10.1. The first-order chi connectivity index (χ1) is 14.2. The third-order valence-electron chi connectivity index (χ3n) is 6.31. The van der Waals surface area contributed by atoms with Gasteiger partial charge in [-0.2, -0.15) is 0 Å². The van der Waals surface area contributed by atoms with Gasteiger partial charge in [-0.05, 0) is 57.8 Å². The molecule has 29 heavy (non-hydrogen) atoms. The van der Waals surface area contributed by atoms with Crippen LogP contribution in [0, 0.1) is 6.92 Å². The third-order valence-corrected chi connectivity index (χ3v) is 6.31. The van der Waals surface area contributed by atoms with Crippen LogP contribution in [0.2, 0.25) is 0 Å². The smallest absolute Gasteiger partial charge is 0.280 e. The van der Waals surface area contributed by atoms with Gasteiger partial charge in [-0.3, -0.25) is 10.1 Å². The van der Waals surface area contributed by atoms with Crippen LogP contribution in [0.15, 0.2) is 24.3 Å². The highest BCUT2D eigenvalue weighted by molar-refractivity contribution is 6.03. The Morgan fingerprint density at radius 1 is 1.10 bits per heavy atom. The van der Waals surface area contributed by atoms with Crippen molar-refractivity contribution in [3.8, 4) is 0 Å². The molecular weight excluding hydrogens is 366 g/mol. The highest BCUT2D eigenvalue weighted by atomic mass is 16.2. The van der Waals surface area contributed by atoms with Gasteiger partial charge >= 0.3 is 0 Å². The molecule has 0 radical (unpaired) electrons. The summed E-state index contributed by atoms with van der Waals surface area (Å²) in [5, 5.41) is 14.9. The zero-order valence-corrected chi connectivity index (χ0v) is 16.8. The van der Waals surface area contributed by atoms with Crippen molar-refractivity contribution >= 4 is 22.9 Å². The van der Waals surface area contributed by atoms with Crippen molar-refractivity contribution in [1.82, 2.24) is 29.9 Å². The number of aromatic nitrogens is 5. The van der Waals surface area contributed by atoms with Crippen molar-refractivity contribution in [2.24, 2.45) is 0 Å². The Labute approximate surface area is 169 Å². The fourth-order valence-corrected chi connectivity index (χ4v) is 4.77. The number of piperidine rings is 1. The Balaban J connectivity index is 1.45. The van der Waals surface area contributed by atoms with Crippen LogP contribution in [0.5, 0.6) is 0 Å². The average Bonchev–Trinajstić information content (AvgIpc) is 3.46. The molecule has 0 atom stereocenters.